The number of aromatic nitrogens is 2. The van der Waals surface area contributed by atoms with E-state index in [1.54, 1.807) is 0 Å². The molecule has 4 aliphatic rings. The molecule has 5 heterocycles. The van der Waals surface area contributed by atoms with Gasteiger partial charge >= 0.3 is 6.01 Å². The number of ether oxygens (including phenoxy) is 1. The molecule has 4 aliphatic heterocycles. The normalized spacial score (nSPS) is 26.2. The zero-order valence-corrected chi connectivity index (χ0v) is 23.8. The molecule has 0 amide bonds. The molecule has 2 aromatic carbocycles. The van der Waals surface area contributed by atoms with Crippen LogP contribution in [0, 0.1) is 11.3 Å². The zero-order chi connectivity index (χ0) is 27.3. The Morgan fingerprint density at radius 2 is 2.02 bits per heavy atom. The molecule has 40 heavy (non-hydrogen) atoms. The Morgan fingerprint density at radius 3 is 2.85 bits per heavy atom. The number of hydrogen-bond acceptors (Lipinski definition) is 8. The molecular formula is C31H36ClN7O. The molecule has 3 saturated heterocycles. The Morgan fingerprint density at radius 1 is 1.15 bits per heavy atom. The molecule has 208 valence electrons. The van der Waals surface area contributed by atoms with E-state index in [1.807, 2.05) is 12.1 Å². The van der Waals surface area contributed by atoms with E-state index in [0.717, 1.165) is 84.9 Å². The number of nitrogens with one attached hydrogen (secondary N) is 1. The van der Waals surface area contributed by atoms with Crippen LogP contribution in [0.2, 0.25) is 5.02 Å². The zero-order valence-electron chi connectivity index (χ0n) is 23.1. The van der Waals surface area contributed by atoms with Gasteiger partial charge in [-0.15, -0.1) is 0 Å². The minimum absolute atomic E-state index is 0.163. The number of nitriles is 1. The van der Waals surface area contributed by atoms with Gasteiger partial charge in [-0.2, -0.15) is 15.2 Å². The average Bonchev–Trinajstić information content (AvgIpc) is 3.51. The number of anilines is 2. The number of hydrogen-bond donors (Lipinski definition) is 1. The van der Waals surface area contributed by atoms with E-state index in [0.29, 0.717) is 37.7 Å². The van der Waals surface area contributed by atoms with Crippen LogP contribution in [0.15, 0.2) is 36.4 Å². The molecule has 0 radical (unpaired) electrons. The summed E-state index contributed by atoms with van der Waals surface area (Å²) in [4.78, 5) is 17.3. The molecule has 3 fully saturated rings. The van der Waals surface area contributed by atoms with E-state index >= 15 is 0 Å². The lowest BCUT2D eigenvalue weighted by molar-refractivity contribution is 0.187. The van der Waals surface area contributed by atoms with Crippen molar-refractivity contribution in [3.63, 3.8) is 0 Å². The Kier molecular flexibility index (Phi) is 6.69. The van der Waals surface area contributed by atoms with Gasteiger partial charge in [-0.3, -0.25) is 0 Å². The summed E-state index contributed by atoms with van der Waals surface area (Å²) in [6.07, 6.45) is 5.82. The van der Waals surface area contributed by atoms with Gasteiger partial charge < -0.3 is 24.8 Å². The molecule has 0 saturated carbocycles. The SMILES string of the molecule is CN1CCCC1COc1nc2c(c(N3CC4CCC(CC#N)(C3)N4)n1)CCN(c1cccc3cccc(Cl)c13)C2. The number of halogens is 1. The maximum absolute atomic E-state index is 9.58. The molecule has 0 spiro atoms. The van der Waals surface area contributed by atoms with Gasteiger partial charge in [0, 0.05) is 53.9 Å². The highest BCUT2D eigenvalue weighted by atomic mass is 35.5. The van der Waals surface area contributed by atoms with Gasteiger partial charge in [0.2, 0.25) is 0 Å². The van der Waals surface area contributed by atoms with E-state index in [9.17, 15) is 5.26 Å². The topological polar surface area (TPSA) is 80.5 Å². The first-order chi connectivity index (χ1) is 19.5. The molecule has 3 aromatic rings. The Balaban J connectivity index is 1.24. The predicted octanol–water partition coefficient (Wildman–Crippen LogP) is 4.54. The molecule has 2 bridgehead atoms. The van der Waals surface area contributed by atoms with Gasteiger partial charge in [-0.05, 0) is 63.2 Å². The molecular weight excluding hydrogens is 522 g/mol. The van der Waals surface area contributed by atoms with Gasteiger partial charge in [0.15, 0.2) is 0 Å². The first-order valence-corrected chi connectivity index (χ1v) is 14.9. The second-order valence-corrected chi connectivity index (χ2v) is 12.4. The van der Waals surface area contributed by atoms with Gasteiger partial charge in [-0.25, -0.2) is 0 Å². The first-order valence-electron chi connectivity index (χ1n) is 14.6. The summed E-state index contributed by atoms with van der Waals surface area (Å²) in [5.74, 6) is 0.992. The third-order valence-electron chi connectivity index (χ3n) is 9.40. The van der Waals surface area contributed by atoms with Crippen LogP contribution in [0.3, 0.4) is 0 Å². The van der Waals surface area contributed by atoms with Gasteiger partial charge in [-0.1, -0.05) is 35.9 Å². The van der Waals surface area contributed by atoms with Gasteiger partial charge in [0.25, 0.3) is 0 Å². The number of fused-ring (bicyclic) bond motifs is 4. The van der Waals surface area contributed by atoms with Crippen molar-refractivity contribution in [2.24, 2.45) is 0 Å². The first kappa shape index (κ1) is 25.8. The molecule has 0 aliphatic carbocycles. The van der Waals surface area contributed by atoms with E-state index in [1.165, 1.54) is 12.0 Å². The van der Waals surface area contributed by atoms with Crippen molar-refractivity contribution in [3.8, 4) is 12.1 Å². The molecule has 8 nitrogen and oxygen atoms in total. The van der Waals surface area contributed by atoms with E-state index < -0.39 is 0 Å². The fourth-order valence-electron chi connectivity index (χ4n) is 7.31. The van der Waals surface area contributed by atoms with Crippen LogP contribution in [-0.4, -0.2) is 72.3 Å². The van der Waals surface area contributed by atoms with Crippen molar-refractivity contribution in [1.82, 2.24) is 20.2 Å². The minimum atomic E-state index is -0.163. The maximum atomic E-state index is 9.58. The summed E-state index contributed by atoms with van der Waals surface area (Å²) >= 11 is 6.71. The quantitative estimate of drug-likeness (QED) is 0.473. The molecule has 3 atom stereocenters. The van der Waals surface area contributed by atoms with Gasteiger partial charge in [0.05, 0.1) is 29.8 Å². The highest BCUT2D eigenvalue weighted by Crippen LogP contribution is 2.39. The number of likely N-dealkylation sites (tertiary alicyclic amines) is 1. The van der Waals surface area contributed by atoms with Crippen LogP contribution in [0.4, 0.5) is 11.5 Å². The highest BCUT2D eigenvalue weighted by molar-refractivity contribution is 6.36. The van der Waals surface area contributed by atoms with Crippen molar-refractivity contribution in [1.29, 1.82) is 5.26 Å². The van der Waals surface area contributed by atoms with Crippen molar-refractivity contribution < 1.29 is 4.74 Å². The third kappa shape index (κ3) is 4.64. The van der Waals surface area contributed by atoms with Crippen molar-refractivity contribution in [2.45, 2.75) is 62.7 Å². The minimum Gasteiger partial charge on any atom is -0.462 e. The maximum Gasteiger partial charge on any atom is 0.318 e. The number of piperazine rings is 1. The summed E-state index contributed by atoms with van der Waals surface area (Å²) < 4.78 is 6.33. The van der Waals surface area contributed by atoms with Gasteiger partial charge in [0.1, 0.15) is 12.4 Å². The van der Waals surface area contributed by atoms with Crippen LogP contribution in [-0.2, 0) is 13.0 Å². The van der Waals surface area contributed by atoms with Crippen molar-refractivity contribution in [3.05, 3.63) is 52.7 Å². The van der Waals surface area contributed by atoms with Crippen LogP contribution in [0.1, 0.15) is 43.4 Å². The van der Waals surface area contributed by atoms with Crippen LogP contribution in [0.5, 0.6) is 6.01 Å². The Hall–Kier alpha value is -3.12. The molecule has 1 aromatic heterocycles. The number of likely N-dealkylation sites (N-methyl/N-ethyl adjacent to an activating group) is 1. The average molecular weight is 558 g/mol. The highest BCUT2D eigenvalue weighted by Gasteiger charge is 2.45. The Bertz CT molecular complexity index is 1470. The monoisotopic (exact) mass is 557 g/mol. The summed E-state index contributed by atoms with van der Waals surface area (Å²) in [7, 11) is 2.17. The van der Waals surface area contributed by atoms with E-state index in [2.05, 4.69) is 57.4 Å². The summed E-state index contributed by atoms with van der Waals surface area (Å²) in [5.41, 5.74) is 3.21. The molecule has 3 unspecified atom stereocenters. The largest absolute Gasteiger partial charge is 0.462 e. The fourth-order valence-corrected chi connectivity index (χ4v) is 7.59. The second kappa shape index (κ2) is 10.4. The summed E-state index contributed by atoms with van der Waals surface area (Å²) in [6, 6.07) is 16.1. The standard InChI is InChI=1S/C31H36ClN7O/c1-37-15-4-7-23(37)19-40-30-34-26-18-38(27-9-3-6-21-5-2-8-25(32)28(21)27)16-11-24(26)29(35-30)39-17-22-10-12-31(20-39,36-22)13-14-33/h2-3,5-6,8-9,22-23,36H,4,7,10-13,15-20H2,1H3. The summed E-state index contributed by atoms with van der Waals surface area (Å²) in [6.45, 7) is 4.92. The number of rotatable bonds is 6. The summed E-state index contributed by atoms with van der Waals surface area (Å²) in [5, 5.41) is 16.3. The molecule has 7 rings (SSSR count). The number of nitrogens with zero attached hydrogens (tertiary/aromatic N) is 6. The second-order valence-electron chi connectivity index (χ2n) is 12.0. The van der Waals surface area contributed by atoms with Crippen molar-refractivity contribution in [2.75, 3.05) is 49.6 Å². The smallest absolute Gasteiger partial charge is 0.318 e. The van der Waals surface area contributed by atoms with Crippen LogP contribution in [0.25, 0.3) is 10.8 Å². The lowest BCUT2D eigenvalue weighted by Crippen LogP contribution is -2.60. The fraction of sp³-hybridized carbons (Fsp3) is 0.516. The van der Waals surface area contributed by atoms with E-state index in [-0.39, 0.29) is 5.54 Å². The lowest BCUT2D eigenvalue weighted by atomic mass is 9.93. The van der Waals surface area contributed by atoms with Crippen LogP contribution < -0.4 is 19.9 Å². The predicted molar refractivity (Wildman–Crippen MR) is 158 cm³/mol. The van der Waals surface area contributed by atoms with Crippen LogP contribution >= 0.6 is 11.6 Å². The lowest BCUT2D eigenvalue weighted by Gasteiger charge is -2.42. The molecule has 1 N–H and O–H groups in total. The third-order valence-corrected chi connectivity index (χ3v) is 9.72. The Labute approximate surface area is 240 Å². The van der Waals surface area contributed by atoms with E-state index in [4.69, 9.17) is 26.3 Å². The number of benzene rings is 2. The van der Waals surface area contributed by atoms with Crippen molar-refractivity contribution >= 4 is 33.9 Å². The molecule has 9 heteroatoms.